The van der Waals surface area contributed by atoms with Crippen LogP contribution in [0.25, 0.3) is 0 Å². The third-order valence-corrected chi connectivity index (χ3v) is 6.08. The highest BCUT2D eigenvalue weighted by Gasteiger charge is 2.19. The van der Waals surface area contributed by atoms with Gasteiger partial charge in [-0.3, -0.25) is 9.52 Å². The van der Waals surface area contributed by atoms with Crippen molar-refractivity contribution in [3.8, 4) is 5.75 Å². The van der Waals surface area contributed by atoms with Crippen molar-refractivity contribution >= 4 is 38.9 Å². The molecule has 0 aliphatic heterocycles. The molecule has 0 bridgehead atoms. The van der Waals surface area contributed by atoms with E-state index in [9.17, 15) is 13.2 Å². The number of benzene rings is 3. The Morgan fingerprint density at radius 2 is 1.77 bits per heavy atom. The van der Waals surface area contributed by atoms with E-state index in [0.29, 0.717) is 17.0 Å². The molecule has 1 amide bonds. The summed E-state index contributed by atoms with van der Waals surface area (Å²) in [6.45, 7) is 3.41. The van der Waals surface area contributed by atoms with E-state index in [1.807, 2.05) is 25.1 Å². The van der Waals surface area contributed by atoms with E-state index in [2.05, 4.69) is 10.0 Å². The Hall–Kier alpha value is -3.03. The smallest absolute Gasteiger partial charge is 0.262 e. The van der Waals surface area contributed by atoms with Crippen molar-refractivity contribution in [1.82, 2.24) is 0 Å². The maximum absolute atomic E-state index is 12.8. The molecule has 30 heavy (non-hydrogen) atoms. The number of hydrogen-bond acceptors (Lipinski definition) is 4. The molecule has 0 saturated heterocycles. The summed E-state index contributed by atoms with van der Waals surface area (Å²) in [5.41, 5.74) is 2.17. The number of amides is 1. The number of hydrogen-bond donors (Lipinski definition) is 2. The number of para-hydroxylation sites is 1. The molecular formula is C22H21ClN2O4S. The zero-order valence-electron chi connectivity index (χ0n) is 16.5. The molecule has 0 aromatic heterocycles. The Balaban J connectivity index is 1.72. The van der Waals surface area contributed by atoms with Crippen molar-refractivity contribution in [2.75, 3.05) is 16.6 Å². The molecule has 0 unspecified atom stereocenters. The molecule has 0 saturated carbocycles. The molecule has 0 atom stereocenters. The van der Waals surface area contributed by atoms with Gasteiger partial charge in [-0.05, 0) is 61.4 Å². The quantitative estimate of drug-likeness (QED) is 0.549. The van der Waals surface area contributed by atoms with Crippen molar-refractivity contribution in [3.63, 3.8) is 0 Å². The van der Waals surface area contributed by atoms with Crippen LogP contribution in [0.1, 0.15) is 11.1 Å². The summed E-state index contributed by atoms with van der Waals surface area (Å²) in [7, 11) is -3.90. The molecule has 0 aliphatic carbocycles. The molecule has 0 aliphatic rings. The van der Waals surface area contributed by atoms with Crippen molar-refractivity contribution in [2.45, 2.75) is 18.7 Å². The molecule has 3 rings (SSSR count). The van der Waals surface area contributed by atoms with Crippen LogP contribution in [0.4, 0.5) is 11.4 Å². The van der Waals surface area contributed by atoms with Crippen LogP contribution in [0.15, 0.2) is 71.6 Å². The van der Waals surface area contributed by atoms with Crippen molar-refractivity contribution in [1.29, 1.82) is 0 Å². The van der Waals surface area contributed by atoms with Crippen LogP contribution in [0, 0.1) is 13.8 Å². The van der Waals surface area contributed by atoms with Crippen LogP contribution in [-0.2, 0) is 14.8 Å². The van der Waals surface area contributed by atoms with E-state index < -0.39 is 15.9 Å². The maximum Gasteiger partial charge on any atom is 0.262 e. The van der Waals surface area contributed by atoms with Gasteiger partial charge in [0.25, 0.3) is 15.9 Å². The number of rotatable bonds is 7. The second-order valence-corrected chi connectivity index (χ2v) is 8.78. The number of nitrogens with one attached hydrogen (secondary N) is 2. The van der Waals surface area contributed by atoms with Crippen LogP contribution in [0.5, 0.6) is 5.75 Å². The van der Waals surface area contributed by atoms with Crippen LogP contribution < -0.4 is 14.8 Å². The van der Waals surface area contributed by atoms with Gasteiger partial charge >= 0.3 is 0 Å². The van der Waals surface area contributed by atoms with Gasteiger partial charge in [0.15, 0.2) is 6.61 Å². The van der Waals surface area contributed by atoms with Gasteiger partial charge in [-0.2, -0.15) is 0 Å². The minimum absolute atomic E-state index is 0.0415. The minimum Gasteiger partial charge on any atom is -0.484 e. The highest BCUT2D eigenvalue weighted by molar-refractivity contribution is 7.92. The average molecular weight is 445 g/mol. The summed E-state index contributed by atoms with van der Waals surface area (Å²) in [5, 5.41) is 2.95. The third kappa shape index (κ3) is 5.52. The normalized spacial score (nSPS) is 11.0. The van der Waals surface area contributed by atoms with E-state index in [1.165, 1.54) is 6.07 Å². The topological polar surface area (TPSA) is 84.5 Å². The van der Waals surface area contributed by atoms with Gasteiger partial charge in [-0.25, -0.2) is 8.42 Å². The Kier molecular flexibility index (Phi) is 6.64. The first-order valence-corrected chi connectivity index (χ1v) is 11.0. The fourth-order valence-electron chi connectivity index (χ4n) is 2.76. The summed E-state index contributed by atoms with van der Waals surface area (Å²) < 4.78 is 33.7. The highest BCUT2D eigenvalue weighted by Crippen LogP contribution is 2.26. The first kappa shape index (κ1) is 21.7. The molecule has 0 fully saturated rings. The number of ether oxygens (including phenoxy) is 1. The van der Waals surface area contributed by atoms with Crippen molar-refractivity contribution in [2.24, 2.45) is 0 Å². The van der Waals surface area contributed by atoms with Gasteiger partial charge in [-0.15, -0.1) is 0 Å². The van der Waals surface area contributed by atoms with Crippen LogP contribution in [-0.4, -0.2) is 20.9 Å². The van der Waals surface area contributed by atoms with Gasteiger partial charge in [0.05, 0.1) is 15.6 Å². The Labute approximate surface area is 180 Å². The van der Waals surface area contributed by atoms with Gasteiger partial charge in [0.2, 0.25) is 0 Å². The van der Waals surface area contributed by atoms with Gasteiger partial charge < -0.3 is 10.1 Å². The largest absolute Gasteiger partial charge is 0.484 e. The summed E-state index contributed by atoms with van der Waals surface area (Å²) in [5.74, 6) is 0.184. The lowest BCUT2D eigenvalue weighted by Gasteiger charge is -2.13. The first-order valence-electron chi connectivity index (χ1n) is 9.12. The van der Waals surface area contributed by atoms with E-state index in [1.54, 1.807) is 49.4 Å². The Morgan fingerprint density at radius 3 is 2.50 bits per heavy atom. The summed E-state index contributed by atoms with van der Waals surface area (Å²) in [6.07, 6.45) is 0. The van der Waals surface area contributed by atoms with Gasteiger partial charge in [0.1, 0.15) is 5.75 Å². The molecule has 2 N–H and O–H groups in total. The lowest BCUT2D eigenvalue weighted by Crippen LogP contribution is -2.21. The lowest BCUT2D eigenvalue weighted by molar-refractivity contribution is -0.118. The standard InChI is InChI=1S/C22H21ClN2O4S/c1-15-6-5-7-18(12-15)29-14-22(26)24-17-11-10-16(2)21(13-17)30(27,28)25-20-9-4-3-8-19(20)23/h3-13,25H,14H2,1-2H3,(H,24,26). The molecule has 8 heteroatoms. The second kappa shape index (κ2) is 9.19. The first-order chi connectivity index (χ1) is 14.2. The number of anilines is 2. The third-order valence-electron chi connectivity index (χ3n) is 4.24. The number of carbonyl (C=O) groups is 1. The molecule has 0 spiro atoms. The van der Waals surface area contributed by atoms with Gasteiger partial charge in [-0.1, -0.05) is 41.9 Å². The fourth-order valence-corrected chi connectivity index (χ4v) is 4.35. The van der Waals surface area contributed by atoms with E-state index >= 15 is 0 Å². The van der Waals surface area contributed by atoms with Crippen LogP contribution in [0.3, 0.4) is 0 Å². The number of carbonyl (C=O) groups excluding carboxylic acids is 1. The minimum atomic E-state index is -3.90. The SMILES string of the molecule is Cc1cccc(OCC(=O)Nc2ccc(C)c(S(=O)(=O)Nc3ccccc3Cl)c2)c1. The second-order valence-electron chi connectivity index (χ2n) is 6.72. The Morgan fingerprint density at radius 1 is 1.00 bits per heavy atom. The highest BCUT2D eigenvalue weighted by atomic mass is 35.5. The summed E-state index contributed by atoms with van der Waals surface area (Å²) in [4.78, 5) is 12.3. The Bertz CT molecular complexity index is 1180. The lowest BCUT2D eigenvalue weighted by atomic mass is 10.2. The number of aryl methyl sites for hydroxylation is 2. The average Bonchev–Trinajstić information content (AvgIpc) is 2.69. The fraction of sp³-hybridized carbons (Fsp3) is 0.136. The summed E-state index contributed by atoms with van der Waals surface area (Å²) >= 11 is 6.05. The predicted octanol–water partition coefficient (Wildman–Crippen LogP) is 4.78. The van der Waals surface area contributed by atoms with E-state index in [-0.39, 0.29) is 22.2 Å². The zero-order valence-corrected chi connectivity index (χ0v) is 18.0. The van der Waals surface area contributed by atoms with Gasteiger partial charge in [0, 0.05) is 5.69 Å². The molecule has 0 radical (unpaired) electrons. The molecule has 6 nitrogen and oxygen atoms in total. The molecule has 3 aromatic rings. The van der Waals surface area contributed by atoms with Crippen molar-refractivity contribution in [3.05, 3.63) is 82.9 Å². The molecule has 0 heterocycles. The zero-order chi connectivity index (χ0) is 21.7. The monoisotopic (exact) mass is 444 g/mol. The van der Waals surface area contributed by atoms with Crippen LogP contribution >= 0.6 is 11.6 Å². The van der Waals surface area contributed by atoms with E-state index in [4.69, 9.17) is 16.3 Å². The predicted molar refractivity (Wildman–Crippen MR) is 119 cm³/mol. The number of sulfonamides is 1. The molecule has 3 aromatic carbocycles. The van der Waals surface area contributed by atoms with Crippen LogP contribution in [0.2, 0.25) is 5.02 Å². The van der Waals surface area contributed by atoms with Crippen molar-refractivity contribution < 1.29 is 17.9 Å². The molecule has 156 valence electrons. The maximum atomic E-state index is 12.8. The number of halogens is 1. The summed E-state index contributed by atoms with van der Waals surface area (Å²) in [6, 6.07) is 18.6. The molecular weight excluding hydrogens is 424 g/mol. The van der Waals surface area contributed by atoms with E-state index in [0.717, 1.165) is 5.56 Å².